The van der Waals surface area contributed by atoms with Gasteiger partial charge in [0.2, 0.25) is 0 Å². The lowest BCUT2D eigenvalue weighted by molar-refractivity contribution is 0.0690. The molecule has 1 saturated heterocycles. The Morgan fingerprint density at radius 2 is 1.82 bits per heavy atom. The van der Waals surface area contributed by atoms with Gasteiger partial charge in [0.1, 0.15) is 0 Å². The first kappa shape index (κ1) is 21.7. The minimum absolute atomic E-state index is 0.121. The topological polar surface area (TPSA) is 51.7 Å². The molecule has 2 aromatic carbocycles. The summed E-state index contributed by atoms with van der Waals surface area (Å²) in [6.45, 7) is 1.60. The lowest BCUT2D eigenvalue weighted by Crippen LogP contribution is -2.38. The van der Waals surface area contributed by atoms with E-state index in [0.717, 1.165) is 73.2 Å². The van der Waals surface area contributed by atoms with Gasteiger partial charge in [-0.05, 0) is 92.8 Å². The lowest BCUT2D eigenvalue weighted by Gasteiger charge is -2.32. The van der Waals surface area contributed by atoms with Crippen molar-refractivity contribution >= 4 is 16.8 Å². The number of carbonyl (C=O) groups excluding carboxylic acids is 1. The van der Waals surface area contributed by atoms with Crippen LogP contribution in [0.4, 0.5) is 0 Å². The van der Waals surface area contributed by atoms with Crippen LogP contribution in [0.5, 0.6) is 11.5 Å². The highest BCUT2D eigenvalue weighted by Crippen LogP contribution is 2.34. The minimum atomic E-state index is 0.121. The summed E-state index contributed by atoms with van der Waals surface area (Å²) >= 11 is 0. The van der Waals surface area contributed by atoms with Crippen LogP contribution in [-0.2, 0) is 6.42 Å². The van der Waals surface area contributed by atoms with E-state index in [2.05, 4.69) is 17.1 Å². The quantitative estimate of drug-likeness (QED) is 0.492. The third-order valence-electron chi connectivity index (χ3n) is 7.10. The maximum Gasteiger partial charge on any atom is 0.253 e. The van der Waals surface area contributed by atoms with E-state index in [9.17, 15) is 4.79 Å². The molecular formula is C28H32N2O3. The summed E-state index contributed by atoms with van der Waals surface area (Å²) in [7, 11) is 1.70. The van der Waals surface area contributed by atoms with Gasteiger partial charge in [0.05, 0.1) is 18.7 Å². The molecule has 2 aliphatic rings. The van der Waals surface area contributed by atoms with Gasteiger partial charge in [0, 0.05) is 30.2 Å². The van der Waals surface area contributed by atoms with Crippen molar-refractivity contribution in [1.29, 1.82) is 0 Å². The Labute approximate surface area is 195 Å². The Morgan fingerprint density at radius 3 is 2.61 bits per heavy atom. The summed E-state index contributed by atoms with van der Waals surface area (Å²) in [5.74, 6) is 2.38. The number of methoxy groups -OCH3 is 1. The van der Waals surface area contributed by atoms with Gasteiger partial charge in [-0.1, -0.05) is 12.1 Å². The first-order valence-corrected chi connectivity index (χ1v) is 12.2. The third kappa shape index (κ3) is 4.97. The molecule has 1 aliphatic heterocycles. The second-order valence-electron chi connectivity index (χ2n) is 9.36. The summed E-state index contributed by atoms with van der Waals surface area (Å²) in [6.07, 6.45) is 9.91. The number of hydrogen-bond acceptors (Lipinski definition) is 4. The fourth-order valence-electron chi connectivity index (χ4n) is 5.19. The summed E-state index contributed by atoms with van der Waals surface area (Å²) < 4.78 is 11.8. The van der Waals surface area contributed by atoms with Gasteiger partial charge >= 0.3 is 0 Å². The van der Waals surface area contributed by atoms with Crippen LogP contribution in [-0.4, -0.2) is 42.1 Å². The lowest BCUT2D eigenvalue weighted by atomic mass is 9.89. The van der Waals surface area contributed by atoms with Crippen molar-refractivity contribution in [3.8, 4) is 11.5 Å². The van der Waals surface area contributed by atoms with E-state index >= 15 is 0 Å². The zero-order valence-electron chi connectivity index (χ0n) is 19.3. The van der Waals surface area contributed by atoms with E-state index in [4.69, 9.17) is 9.47 Å². The molecule has 0 atom stereocenters. The number of piperidine rings is 1. The first-order chi connectivity index (χ1) is 16.2. The van der Waals surface area contributed by atoms with Crippen molar-refractivity contribution in [2.24, 2.45) is 5.92 Å². The van der Waals surface area contributed by atoms with Gasteiger partial charge in [-0.15, -0.1) is 0 Å². The number of benzene rings is 2. The van der Waals surface area contributed by atoms with Gasteiger partial charge in [-0.2, -0.15) is 0 Å². The van der Waals surface area contributed by atoms with E-state index in [1.54, 1.807) is 13.3 Å². The van der Waals surface area contributed by atoms with Gasteiger partial charge in [0.25, 0.3) is 5.91 Å². The normalized spacial score (nSPS) is 17.4. The Hall–Kier alpha value is -3.08. The molecule has 1 saturated carbocycles. The number of fused-ring (bicyclic) bond motifs is 1. The van der Waals surface area contributed by atoms with Crippen LogP contribution in [0, 0.1) is 5.92 Å². The number of nitrogens with zero attached hydrogens (tertiary/aromatic N) is 2. The van der Waals surface area contributed by atoms with E-state index in [-0.39, 0.29) is 5.91 Å². The molecule has 1 aliphatic carbocycles. The van der Waals surface area contributed by atoms with E-state index in [0.29, 0.717) is 12.0 Å². The average molecular weight is 445 g/mol. The maximum atomic E-state index is 13.1. The number of hydrogen-bond donors (Lipinski definition) is 0. The Kier molecular flexibility index (Phi) is 6.47. The summed E-state index contributed by atoms with van der Waals surface area (Å²) in [5, 5.41) is 1.01. The van der Waals surface area contributed by atoms with Gasteiger partial charge in [-0.25, -0.2) is 0 Å². The zero-order valence-corrected chi connectivity index (χ0v) is 19.3. The van der Waals surface area contributed by atoms with Crippen molar-refractivity contribution in [3.63, 3.8) is 0 Å². The van der Waals surface area contributed by atoms with Gasteiger partial charge in [-0.3, -0.25) is 9.78 Å². The molecule has 0 N–H and O–H groups in total. The van der Waals surface area contributed by atoms with Crippen LogP contribution < -0.4 is 9.47 Å². The Morgan fingerprint density at radius 1 is 1.00 bits per heavy atom. The summed E-state index contributed by atoms with van der Waals surface area (Å²) in [6, 6.07) is 16.1. The molecule has 1 amide bonds. The van der Waals surface area contributed by atoms with E-state index < -0.39 is 0 Å². The van der Waals surface area contributed by atoms with Crippen LogP contribution >= 0.6 is 0 Å². The molecule has 1 aromatic heterocycles. The number of likely N-dealkylation sites (tertiary alicyclic amines) is 1. The molecule has 5 rings (SSSR count). The second-order valence-corrected chi connectivity index (χ2v) is 9.36. The van der Waals surface area contributed by atoms with Crippen LogP contribution in [0.2, 0.25) is 0 Å². The predicted octanol–water partition coefficient (Wildman–Crippen LogP) is 5.66. The number of ether oxygens (including phenoxy) is 2. The van der Waals surface area contributed by atoms with Crippen molar-refractivity contribution in [2.75, 3.05) is 20.2 Å². The molecule has 5 nitrogen and oxygen atoms in total. The van der Waals surface area contributed by atoms with Crippen LogP contribution in [0.1, 0.15) is 54.4 Å². The SMILES string of the molecule is COc1ccc(CC2CCN(C(=O)c3ccc4ncccc4c3)CC2)cc1OC1CCCC1. The molecule has 172 valence electrons. The molecule has 0 spiro atoms. The van der Waals surface area contributed by atoms with Crippen molar-refractivity contribution in [1.82, 2.24) is 9.88 Å². The molecule has 3 aromatic rings. The molecular weight excluding hydrogens is 412 g/mol. The van der Waals surface area contributed by atoms with E-state index in [1.807, 2.05) is 41.3 Å². The van der Waals surface area contributed by atoms with Crippen molar-refractivity contribution in [3.05, 3.63) is 65.9 Å². The molecule has 33 heavy (non-hydrogen) atoms. The highest BCUT2D eigenvalue weighted by Gasteiger charge is 2.25. The molecule has 0 bridgehead atoms. The molecule has 2 fully saturated rings. The number of pyridine rings is 1. The molecule has 0 radical (unpaired) electrons. The van der Waals surface area contributed by atoms with Crippen molar-refractivity contribution in [2.45, 2.75) is 51.0 Å². The zero-order chi connectivity index (χ0) is 22.6. The highest BCUT2D eigenvalue weighted by molar-refractivity contribution is 5.98. The monoisotopic (exact) mass is 444 g/mol. The third-order valence-corrected chi connectivity index (χ3v) is 7.10. The first-order valence-electron chi connectivity index (χ1n) is 12.2. The average Bonchev–Trinajstić information content (AvgIpc) is 3.37. The largest absolute Gasteiger partial charge is 0.493 e. The highest BCUT2D eigenvalue weighted by atomic mass is 16.5. The fourth-order valence-corrected chi connectivity index (χ4v) is 5.19. The van der Waals surface area contributed by atoms with Gasteiger partial charge < -0.3 is 14.4 Å². The number of aromatic nitrogens is 1. The Bertz CT molecular complexity index is 1120. The maximum absolute atomic E-state index is 13.1. The fraction of sp³-hybridized carbons (Fsp3) is 0.429. The predicted molar refractivity (Wildman–Crippen MR) is 130 cm³/mol. The molecule has 5 heteroatoms. The van der Waals surface area contributed by atoms with Crippen LogP contribution in [0.25, 0.3) is 10.9 Å². The second kappa shape index (κ2) is 9.82. The standard InChI is InChI=1S/C28H32N2O3/c1-32-26-11-8-21(18-27(26)33-24-6-2-3-7-24)17-20-12-15-30(16-13-20)28(31)23-9-10-25-22(19-23)5-4-14-29-25/h4-5,8-11,14,18-20,24H,2-3,6-7,12-13,15-17H2,1H3. The van der Waals surface area contributed by atoms with Crippen LogP contribution in [0.15, 0.2) is 54.7 Å². The molecule has 2 heterocycles. The number of carbonyl (C=O) groups is 1. The molecule has 0 unspecified atom stereocenters. The van der Waals surface area contributed by atoms with E-state index in [1.165, 1.54) is 18.4 Å². The smallest absolute Gasteiger partial charge is 0.253 e. The summed E-state index contributed by atoms with van der Waals surface area (Å²) in [4.78, 5) is 19.4. The minimum Gasteiger partial charge on any atom is -0.493 e. The van der Waals surface area contributed by atoms with Gasteiger partial charge in [0.15, 0.2) is 11.5 Å². The summed E-state index contributed by atoms with van der Waals surface area (Å²) in [5.41, 5.74) is 2.96. The van der Waals surface area contributed by atoms with Crippen LogP contribution in [0.3, 0.4) is 0 Å². The number of amides is 1. The van der Waals surface area contributed by atoms with Crippen molar-refractivity contribution < 1.29 is 14.3 Å². The number of rotatable bonds is 6. The Balaban J connectivity index is 1.20.